The molecular weight excluding hydrogens is 358 g/mol. The Morgan fingerprint density at radius 1 is 1.29 bits per heavy atom. The summed E-state index contributed by atoms with van der Waals surface area (Å²) in [6, 6.07) is 8.12. The maximum Gasteiger partial charge on any atom is 0.270 e. The molecule has 1 atom stereocenters. The van der Waals surface area contributed by atoms with E-state index in [0.717, 1.165) is 38.6 Å². The van der Waals surface area contributed by atoms with Gasteiger partial charge in [0.2, 0.25) is 5.91 Å². The van der Waals surface area contributed by atoms with Gasteiger partial charge in [0, 0.05) is 42.6 Å². The highest BCUT2D eigenvalue weighted by Crippen LogP contribution is 2.29. The van der Waals surface area contributed by atoms with Crippen molar-refractivity contribution in [3.8, 4) is 6.07 Å². The molecule has 2 heterocycles. The second-order valence-electron chi connectivity index (χ2n) is 7.52. The third-order valence-corrected chi connectivity index (χ3v) is 5.68. The zero-order chi connectivity index (χ0) is 19.7. The molecule has 4 rings (SSSR count). The van der Waals surface area contributed by atoms with Crippen molar-refractivity contribution in [2.45, 2.75) is 38.1 Å². The number of anilines is 1. The maximum atomic E-state index is 12.6. The Hall–Kier alpha value is -3.21. The Kier molecular flexibility index (Phi) is 4.82. The summed E-state index contributed by atoms with van der Waals surface area (Å²) in [5.41, 5.74) is 0.806. The molecule has 144 valence electrons. The lowest BCUT2D eigenvalue weighted by Crippen LogP contribution is -2.35. The summed E-state index contributed by atoms with van der Waals surface area (Å²) in [6.45, 7) is 1.37. The molecule has 2 fully saturated rings. The van der Waals surface area contributed by atoms with Crippen molar-refractivity contribution in [3.63, 3.8) is 0 Å². The van der Waals surface area contributed by atoms with Gasteiger partial charge in [0.25, 0.3) is 5.69 Å². The number of hydrogen-bond donors (Lipinski definition) is 1. The van der Waals surface area contributed by atoms with E-state index < -0.39 is 4.92 Å². The number of carbonyl (C=O) groups is 1. The number of likely N-dealkylation sites (tertiary alicyclic amines) is 1. The topological polar surface area (TPSA) is 112 Å². The highest BCUT2D eigenvalue weighted by molar-refractivity contribution is 5.88. The lowest BCUT2D eigenvalue weighted by molar-refractivity contribution is -0.384. The molecule has 1 aromatic heterocycles. The van der Waals surface area contributed by atoms with E-state index in [1.165, 1.54) is 12.1 Å². The number of nitrogens with zero attached hydrogens (tertiary/aromatic N) is 4. The number of rotatable bonds is 4. The Morgan fingerprint density at radius 2 is 2.07 bits per heavy atom. The fourth-order valence-electron chi connectivity index (χ4n) is 4.21. The third-order valence-electron chi connectivity index (χ3n) is 5.68. The molecular formula is C20H21N5O3. The van der Waals surface area contributed by atoms with E-state index in [1.807, 2.05) is 4.90 Å². The van der Waals surface area contributed by atoms with E-state index in [4.69, 9.17) is 0 Å². The number of carbonyl (C=O) groups excluding carboxylic acids is 1. The molecule has 1 aromatic carbocycles. The number of nitro groups is 1. The first-order chi connectivity index (χ1) is 13.5. The Balaban J connectivity index is 1.50. The lowest BCUT2D eigenvalue weighted by Gasteiger charge is -2.21. The molecule has 1 amide bonds. The van der Waals surface area contributed by atoms with Gasteiger partial charge >= 0.3 is 0 Å². The van der Waals surface area contributed by atoms with Crippen LogP contribution in [0.1, 0.15) is 37.7 Å². The van der Waals surface area contributed by atoms with Gasteiger partial charge in [0.1, 0.15) is 5.82 Å². The predicted molar refractivity (Wildman–Crippen MR) is 104 cm³/mol. The molecule has 1 N–H and O–H groups in total. The van der Waals surface area contributed by atoms with E-state index in [9.17, 15) is 20.2 Å². The summed E-state index contributed by atoms with van der Waals surface area (Å²) in [6.07, 6.45) is 5.11. The van der Waals surface area contributed by atoms with Crippen LogP contribution in [0.15, 0.2) is 24.3 Å². The number of non-ortho nitro benzene ring substituents is 1. The molecule has 8 nitrogen and oxygen atoms in total. The molecule has 8 heteroatoms. The van der Waals surface area contributed by atoms with Gasteiger partial charge in [0.15, 0.2) is 0 Å². The number of fused-ring (bicyclic) bond motifs is 1. The largest absolute Gasteiger partial charge is 0.365 e. The van der Waals surface area contributed by atoms with Gasteiger partial charge in [-0.1, -0.05) is 12.8 Å². The molecule has 1 aliphatic carbocycles. The summed E-state index contributed by atoms with van der Waals surface area (Å²) >= 11 is 0. The first-order valence-electron chi connectivity index (χ1n) is 9.60. The summed E-state index contributed by atoms with van der Waals surface area (Å²) in [4.78, 5) is 29.5. The van der Waals surface area contributed by atoms with E-state index in [0.29, 0.717) is 28.8 Å². The number of aromatic nitrogens is 1. The molecule has 2 aliphatic rings. The molecule has 28 heavy (non-hydrogen) atoms. The number of nitriles is 1. The quantitative estimate of drug-likeness (QED) is 0.645. The summed E-state index contributed by atoms with van der Waals surface area (Å²) in [5, 5.41) is 24.2. The minimum atomic E-state index is -0.485. The van der Waals surface area contributed by atoms with Crippen LogP contribution >= 0.6 is 0 Å². The number of amides is 1. The van der Waals surface area contributed by atoms with E-state index in [-0.39, 0.29) is 23.6 Å². The third kappa shape index (κ3) is 3.48. The normalized spacial score (nSPS) is 19.7. The highest BCUT2D eigenvalue weighted by atomic mass is 16.6. The van der Waals surface area contributed by atoms with E-state index in [1.54, 1.807) is 12.1 Å². The SMILES string of the molecule is N#Cc1cc(NC2CCN(C(=O)C3CCCC3)C2)nc2ccc([N+](=O)[O-])cc12. The fraction of sp³-hybridized carbons (Fsp3) is 0.450. The maximum absolute atomic E-state index is 12.6. The van der Waals surface area contributed by atoms with Crippen molar-refractivity contribution in [2.75, 3.05) is 18.4 Å². The first-order valence-corrected chi connectivity index (χ1v) is 9.60. The van der Waals surface area contributed by atoms with Crippen LogP contribution in [0.25, 0.3) is 10.9 Å². The highest BCUT2D eigenvalue weighted by Gasteiger charge is 2.32. The average Bonchev–Trinajstić information content (AvgIpc) is 3.38. The number of pyridine rings is 1. The molecule has 1 aliphatic heterocycles. The number of hydrogen-bond acceptors (Lipinski definition) is 6. The van der Waals surface area contributed by atoms with Crippen molar-refractivity contribution >= 4 is 28.3 Å². The fourth-order valence-corrected chi connectivity index (χ4v) is 4.21. The minimum absolute atomic E-state index is 0.0663. The predicted octanol–water partition coefficient (Wildman–Crippen LogP) is 3.22. The van der Waals surface area contributed by atoms with Crippen LogP contribution in [0.4, 0.5) is 11.5 Å². The van der Waals surface area contributed by atoms with Crippen LogP contribution in [0.5, 0.6) is 0 Å². The van der Waals surface area contributed by atoms with Gasteiger partial charge in [-0.05, 0) is 31.4 Å². The van der Waals surface area contributed by atoms with Crippen LogP contribution in [0, 0.1) is 27.4 Å². The number of benzene rings is 1. The number of nitrogens with one attached hydrogen (secondary N) is 1. The van der Waals surface area contributed by atoms with Gasteiger partial charge < -0.3 is 10.2 Å². The molecule has 1 unspecified atom stereocenters. The second kappa shape index (κ2) is 7.43. The smallest absolute Gasteiger partial charge is 0.270 e. The van der Waals surface area contributed by atoms with Gasteiger partial charge in [-0.2, -0.15) is 5.26 Å². The molecule has 0 spiro atoms. The van der Waals surface area contributed by atoms with Gasteiger partial charge in [0.05, 0.1) is 22.1 Å². The molecule has 1 saturated carbocycles. The average molecular weight is 379 g/mol. The number of nitro benzene ring substituents is 1. The van der Waals surface area contributed by atoms with E-state index >= 15 is 0 Å². The van der Waals surface area contributed by atoms with Gasteiger partial charge in [-0.3, -0.25) is 14.9 Å². The standard InChI is InChI=1S/C20H21N5O3/c21-11-14-9-19(23-18-6-5-16(25(27)28)10-17(14)18)22-15-7-8-24(12-15)20(26)13-3-1-2-4-13/h5-6,9-10,13,15H,1-4,7-8,12H2,(H,22,23). The molecule has 0 radical (unpaired) electrons. The Labute approximate surface area is 162 Å². The minimum Gasteiger partial charge on any atom is -0.365 e. The van der Waals surface area contributed by atoms with Crippen LogP contribution in [0.2, 0.25) is 0 Å². The second-order valence-corrected chi connectivity index (χ2v) is 7.52. The van der Waals surface area contributed by atoms with Gasteiger partial charge in [-0.25, -0.2) is 4.98 Å². The molecule has 2 aromatic rings. The zero-order valence-electron chi connectivity index (χ0n) is 15.4. The van der Waals surface area contributed by atoms with Crippen molar-refractivity contribution in [3.05, 3.63) is 39.9 Å². The van der Waals surface area contributed by atoms with Crippen LogP contribution in [0.3, 0.4) is 0 Å². The Morgan fingerprint density at radius 3 is 2.79 bits per heavy atom. The van der Waals surface area contributed by atoms with Crippen LogP contribution in [-0.2, 0) is 4.79 Å². The van der Waals surface area contributed by atoms with Crippen molar-refractivity contribution in [1.82, 2.24) is 9.88 Å². The first kappa shape index (κ1) is 18.2. The van der Waals surface area contributed by atoms with Crippen LogP contribution in [-0.4, -0.2) is 39.8 Å². The summed E-state index contributed by atoms with van der Waals surface area (Å²) in [5.74, 6) is 0.995. The summed E-state index contributed by atoms with van der Waals surface area (Å²) in [7, 11) is 0. The monoisotopic (exact) mass is 379 g/mol. The summed E-state index contributed by atoms with van der Waals surface area (Å²) < 4.78 is 0. The van der Waals surface area contributed by atoms with Crippen molar-refractivity contribution in [2.24, 2.45) is 5.92 Å². The van der Waals surface area contributed by atoms with Gasteiger partial charge in [-0.15, -0.1) is 0 Å². The molecule has 0 bridgehead atoms. The Bertz CT molecular complexity index is 978. The zero-order valence-corrected chi connectivity index (χ0v) is 15.4. The van der Waals surface area contributed by atoms with Crippen LogP contribution < -0.4 is 5.32 Å². The molecule has 1 saturated heterocycles. The van der Waals surface area contributed by atoms with Crippen molar-refractivity contribution < 1.29 is 9.72 Å². The van der Waals surface area contributed by atoms with E-state index in [2.05, 4.69) is 16.4 Å². The lowest BCUT2D eigenvalue weighted by atomic mass is 10.1. The van der Waals surface area contributed by atoms with Crippen molar-refractivity contribution in [1.29, 1.82) is 5.26 Å².